The molecule has 0 bridgehead atoms. The van der Waals surface area contributed by atoms with Gasteiger partial charge in [0, 0.05) is 12.6 Å². The van der Waals surface area contributed by atoms with Crippen molar-refractivity contribution in [1.82, 2.24) is 0 Å². The molecular weight excluding hydrogens is 326 g/mol. The van der Waals surface area contributed by atoms with Gasteiger partial charge in [0.15, 0.2) is 11.5 Å². The predicted molar refractivity (Wildman–Crippen MR) is 91.5 cm³/mol. The summed E-state index contributed by atoms with van der Waals surface area (Å²) in [7, 11) is -3.62. The Balaban J connectivity index is 1.76. The lowest BCUT2D eigenvalue weighted by molar-refractivity contribution is 0.171. The van der Waals surface area contributed by atoms with E-state index in [0.717, 1.165) is 29.7 Å². The Kier molecular flexibility index (Phi) is 3.64. The predicted octanol–water partition coefficient (Wildman–Crippen LogP) is 2.91. The topological polar surface area (TPSA) is 55.8 Å². The molecule has 24 heavy (non-hydrogen) atoms. The van der Waals surface area contributed by atoms with Crippen LogP contribution in [0.2, 0.25) is 0 Å². The van der Waals surface area contributed by atoms with E-state index in [-0.39, 0.29) is 4.90 Å². The largest absolute Gasteiger partial charge is 0.486 e. The van der Waals surface area contributed by atoms with E-state index >= 15 is 0 Å². The van der Waals surface area contributed by atoms with E-state index in [0.29, 0.717) is 31.3 Å². The van der Waals surface area contributed by atoms with E-state index in [4.69, 9.17) is 9.47 Å². The summed E-state index contributed by atoms with van der Waals surface area (Å²) in [6.45, 7) is 3.43. The molecule has 126 valence electrons. The Hall–Kier alpha value is -2.21. The number of benzene rings is 2. The molecule has 6 heteroatoms. The minimum Gasteiger partial charge on any atom is -0.486 e. The van der Waals surface area contributed by atoms with E-state index in [9.17, 15) is 8.42 Å². The monoisotopic (exact) mass is 345 g/mol. The highest BCUT2D eigenvalue weighted by molar-refractivity contribution is 7.92. The van der Waals surface area contributed by atoms with Crippen LogP contribution in [0.3, 0.4) is 0 Å². The Bertz CT molecular complexity index is 892. The summed E-state index contributed by atoms with van der Waals surface area (Å²) in [6.07, 6.45) is 1.73. The van der Waals surface area contributed by atoms with Gasteiger partial charge in [0.2, 0.25) is 0 Å². The summed E-state index contributed by atoms with van der Waals surface area (Å²) >= 11 is 0. The van der Waals surface area contributed by atoms with Crippen LogP contribution >= 0.6 is 0 Å². The second-order valence-corrected chi connectivity index (χ2v) is 7.98. The standard InChI is InChI=1S/C18H19NO4S/c1-13-4-6-16-14(11-13)3-2-8-19(16)24(20,21)15-5-7-17-18(12-15)23-10-9-22-17/h4-7,11-12H,2-3,8-10H2,1H3. The maximum absolute atomic E-state index is 13.2. The Morgan fingerprint density at radius 3 is 2.62 bits per heavy atom. The van der Waals surface area contributed by atoms with Crippen LogP contribution in [0.5, 0.6) is 11.5 Å². The summed E-state index contributed by atoms with van der Waals surface area (Å²) in [6, 6.07) is 10.7. The van der Waals surface area contributed by atoms with Crippen LogP contribution in [0.25, 0.3) is 0 Å². The van der Waals surface area contributed by atoms with Crippen LogP contribution in [-0.2, 0) is 16.4 Å². The summed E-state index contributed by atoms with van der Waals surface area (Å²) in [5, 5.41) is 0. The molecular formula is C18H19NO4S. The van der Waals surface area contributed by atoms with Gasteiger partial charge in [-0.25, -0.2) is 8.42 Å². The van der Waals surface area contributed by atoms with E-state index in [1.807, 2.05) is 19.1 Å². The minimum absolute atomic E-state index is 0.236. The Morgan fingerprint density at radius 2 is 1.79 bits per heavy atom. The maximum atomic E-state index is 13.2. The van der Waals surface area contributed by atoms with E-state index in [2.05, 4.69) is 6.07 Å². The van der Waals surface area contributed by atoms with Crippen LogP contribution in [0.15, 0.2) is 41.3 Å². The molecule has 4 rings (SSSR count). The van der Waals surface area contributed by atoms with E-state index in [1.165, 1.54) is 4.31 Å². The molecule has 0 aromatic heterocycles. The summed E-state index contributed by atoms with van der Waals surface area (Å²) < 4.78 is 38.8. The number of sulfonamides is 1. The minimum atomic E-state index is -3.62. The second kappa shape index (κ2) is 5.70. The highest BCUT2D eigenvalue weighted by Gasteiger charge is 2.30. The lowest BCUT2D eigenvalue weighted by atomic mass is 10.0. The smallest absolute Gasteiger partial charge is 0.264 e. The Morgan fingerprint density at radius 1 is 1.00 bits per heavy atom. The lowest BCUT2D eigenvalue weighted by Crippen LogP contribution is -2.35. The molecule has 0 atom stereocenters. The van der Waals surface area contributed by atoms with Crippen molar-refractivity contribution in [2.24, 2.45) is 0 Å². The van der Waals surface area contributed by atoms with Crippen LogP contribution in [-0.4, -0.2) is 28.2 Å². The third kappa shape index (κ3) is 2.51. The maximum Gasteiger partial charge on any atom is 0.264 e. The zero-order chi connectivity index (χ0) is 16.7. The highest BCUT2D eigenvalue weighted by atomic mass is 32.2. The quantitative estimate of drug-likeness (QED) is 0.840. The van der Waals surface area contributed by atoms with Crippen LogP contribution in [0.4, 0.5) is 5.69 Å². The highest BCUT2D eigenvalue weighted by Crippen LogP contribution is 2.36. The second-order valence-electron chi connectivity index (χ2n) is 6.12. The third-order valence-electron chi connectivity index (χ3n) is 4.41. The number of fused-ring (bicyclic) bond motifs is 2. The molecule has 0 unspecified atom stereocenters. The van der Waals surface area contributed by atoms with Gasteiger partial charge in [0.25, 0.3) is 10.0 Å². The molecule has 0 saturated heterocycles. The van der Waals surface area contributed by atoms with Gasteiger partial charge in [0.1, 0.15) is 13.2 Å². The zero-order valence-electron chi connectivity index (χ0n) is 13.5. The first-order valence-corrected chi connectivity index (χ1v) is 9.52. The van der Waals surface area contributed by atoms with Crippen molar-refractivity contribution in [3.8, 4) is 11.5 Å². The number of hydrogen-bond acceptors (Lipinski definition) is 4. The van der Waals surface area contributed by atoms with E-state index in [1.54, 1.807) is 18.2 Å². The number of anilines is 1. The molecule has 0 N–H and O–H groups in total. The van der Waals surface area contributed by atoms with E-state index < -0.39 is 10.0 Å². The van der Waals surface area contributed by atoms with Gasteiger partial charge in [-0.15, -0.1) is 0 Å². The van der Waals surface area contributed by atoms with Crippen molar-refractivity contribution in [3.05, 3.63) is 47.5 Å². The molecule has 0 amide bonds. The van der Waals surface area contributed by atoms with Crippen molar-refractivity contribution < 1.29 is 17.9 Å². The molecule has 0 fully saturated rings. The lowest BCUT2D eigenvalue weighted by Gasteiger charge is -2.31. The fourth-order valence-electron chi connectivity index (χ4n) is 3.25. The Labute approximate surface area is 141 Å². The van der Waals surface area contributed by atoms with Crippen molar-refractivity contribution >= 4 is 15.7 Å². The molecule has 2 aromatic rings. The third-order valence-corrected chi connectivity index (χ3v) is 6.22. The number of ether oxygens (including phenoxy) is 2. The first kappa shape index (κ1) is 15.3. The van der Waals surface area contributed by atoms with Gasteiger partial charge in [-0.05, 0) is 43.5 Å². The molecule has 2 heterocycles. The van der Waals surface area contributed by atoms with Crippen LogP contribution < -0.4 is 13.8 Å². The van der Waals surface area contributed by atoms with Crippen LogP contribution in [0.1, 0.15) is 17.5 Å². The number of aryl methyl sites for hydroxylation is 2. The van der Waals surface area contributed by atoms with Crippen molar-refractivity contribution in [2.45, 2.75) is 24.7 Å². The average molecular weight is 345 g/mol. The number of rotatable bonds is 2. The summed E-state index contributed by atoms with van der Waals surface area (Å²) in [4.78, 5) is 0.236. The van der Waals surface area contributed by atoms with Gasteiger partial charge in [-0.3, -0.25) is 4.31 Å². The normalized spacial score (nSPS) is 16.6. The fourth-order valence-corrected chi connectivity index (χ4v) is 4.81. The molecule has 5 nitrogen and oxygen atoms in total. The van der Waals surface area contributed by atoms with Crippen molar-refractivity contribution in [2.75, 3.05) is 24.1 Å². The first-order chi connectivity index (χ1) is 11.6. The van der Waals surface area contributed by atoms with Crippen LogP contribution in [0, 0.1) is 6.92 Å². The summed E-state index contributed by atoms with van der Waals surface area (Å²) in [5.41, 5.74) is 3.01. The van der Waals surface area contributed by atoms with Gasteiger partial charge < -0.3 is 9.47 Å². The zero-order valence-corrected chi connectivity index (χ0v) is 14.3. The molecule has 2 aromatic carbocycles. The van der Waals surface area contributed by atoms with Gasteiger partial charge in [0.05, 0.1) is 10.6 Å². The van der Waals surface area contributed by atoms with Gasteiger partial charge >= 0.3 is 0 Å². The molecule has 0 aliphatic carbocycles. The first-order valence-electron chi connectivity index (χ1n) is 8.08. The molecule has 0 spiro atoms. The molecule has 2 aliphatic heterocycles. The van der Waals surface area contributed by atoms with Crippen molar-refractivity contribution in [1.29, 1.82) is 0 Å². The number of nitrogens with zero attached hydrogens (tertiary/aromatic N) is 1. The molecule has 0 radical (unpaired) electrons. The average Bonchev–Trinajstić information content (AvgIpc) is 2.60. The van der Waals surface area contributed by atoms with Gasteiger partial charge in [-0.2, -0.15) is 0 Å². The molecule has 0 saturated carbocycles. The van der Waals surface area contributed by atoms with Gasteiger partial charge in [-0.1, -0.05) is 17.7 Å². The van der Waals surface area contributed by atoms with Crippen molar-refractivity contribution in [3.63, 3.8) is 0 Å². The summed E-state index contributed by atoms with van der Waals surface area (Å²) in [5.74, 6) is 1.08. The number of hydrogen-bond donors (Lipinski definition) is 0. The molecule has 2 aliphatic rings. The fraction of sp³-hybridized carbons (Fsp3) is 0.333. The SMILES string of the molecule is Cc1ccc2c(c1)CCCN2S(=O)(=O)c1ccc2c(c1)OCCO2.